The van der Waals surface area contributed by atoms with Crippen LogP contribution in [0.5, 0.6) is 0 Å². The van der Waals surface area contributed by atoms with Crippen LogP contribution in [-0.2, 0) is 11.3 Å². The molecular formula is C17H18N4O. The lowest BCUT2D eigenvalue weighted by Crippen LogP contribution is -2.35. The van der Waals surface area contributed by atoms with E-state index in [1.807, 2.05) is 24.5 Å². The quantitative estimate of drug-likeness (QED) is 0.806. The number of morpholine rings is 1. The highest BCUT2D eigenvalue weighted by Gasteiger charge is 2.18. The molecule has 0 spiro atoms. The summed E-state index contributed by atoms with van der Waals surface area (Å²) in [6.45, 7) is 4.42. The minimum atomic E-state index is 0.804. The number of rotatable bonds is 3. The highest BCUT2D eigenvalue weighted by atomic mass is 16.5. The Hall–Kier alpha value is -2.24. The van der Waals surface area contributed by atoms with Crippen molar-refractivity contribution in [2.45, 2.75) is 6.54 Å². The van der Waals surface area contributed by atoms with E-state index in [2.05, 4.69) is 32.0 Å². The molecule has 0 aliphatic carbocycles. The zero-order valence-electron chi connectivity index (χ0n) is 12.3. The third-order valence-electron chi connectivity index (χ3n) is 4.09. The number of nitrogens with zero attached hydrogens (tertiary/aromatic N) is 3. The van der Waals surface area contributed by atoms with Crippen LogP contribution in [0.3, 0.4) is 0 Å². The minimum absolute atomic E-state index is 0.804. The van der Waals surface area contributed by atoms with Crippen molar-refractivity contribution in [3.8, 4) is 11.3 Å². The summed E-state index contributed by atoms with van der Waals surface area (Å²) in [5, 5.41) is 0. The fourth-order valence-corrected chi connectivity index (χ4v) is 2.97. The summed E-state index contributed by atoms with van der Waals surface area (Å²) < 4.78 is 5.45. The highest BCUT2D eigenvalue weighted by Crippen LogP contribution is 2.29. The number of H-pyrrole nitrogens is 1. The molecule has 0 radical (unpaired) electrons. The van der Waals surface area contributed by atoms with Crippen molar-refractivity contribution < 1.29 is 4.74 Å². The van der Waals surface area contributed by atoms with E-state index in [9.17, 15) is 0 Å². The molecule has 1 aliphatic heterocycles. The van der Waals surface area contributed by atoms with Crippen molar-refractivity contribution in [1.29, 1.82) is 0 Å². The third-order valence-corrected chi connectivity index (χ3v) is 4.09. The zero-order valence-corrected chi connectivity index (χ0v) is 12.3. The molecule has 0 unspecified atom stereocenters. The van der Waals surface area contributed by atoms with Crippen molar-refractivity contribution in [3.05, 3.63) is 48.4 Å². The molecule has 0 bridgehead atoms. The summed E-state index contributed by atoms with van der Waals surface area (Å²) in [5.74, 6) is 0. The van der Waals surface area contributed by atoms with E-state index in [1.54, 1.807) is 6.20 Å². The van der Waals surface area contributed by atoms with E-state index >= 15 is 0 Å². The molecule has 1 N–H and O–H groups in total. The van der Waals surface area contributed by atoms with Crippen LogP contribution in [0.25, 0.3) is 22.3 Å². The van der Waals surface area contributed by atoms with Crippen molar-refractivity contribution in [2.75, 3.05) is 26.3 Å². The lowest BCUT2D eigenvalue weighted by Gasteiger charge is -2.26. The second kappa shape index (κ2) is 5.87. The van der Waals surface area contributed by atoms with E-state index < -0.39 is 0 Å². The van der Waals surface area contributed by atoms with Crippen LogP contribution in [-0.4, -0.2) is 46.2 Å². The molecular weight excluding hydrogens is 276 g/mol. The van der Waals surface area contributed by atoms with Gasteiger partial charge >= 0.3 is 0 Å². The van der Waals surface area contributed by atoms with E-state index in [0.29, 0.717) is 0 Å². The van der Waals surface area contributed by atoms with Gasteiger partial charge in [0.15, 0.2) is 0 Å². The number of fused-ring (bicyclic) bond motifs is 1. The first-order chi connectivity index (χ1) is 10.9. The summed E-state index contributed by atoms with van der Waals surface area (Å²) in [7, 11) is 0. The monoisotopic (exact) mass is 294 g/mol. The van der Waals surface area contributed by atoms with Crippen LogP contribution in [0, 0.1) is 0 Å². The molecule has 1 aliphatic rings. The van der Waals surface area contributed by atoms with Crippen LogP contribution in [0.4, 0.5) is 0 Å². The lowest BCUT2D eigenvalue weighted by molar-refractivity contribution is 0.0344. The van der Waals surface area contributed by atoms with Crippen molar-refractivity contribution >= 4 is 11.0 Å². The van der Waals surface area contributed by atoms with Gasteiger partial charge in [-0.2, -0.15) is 0 Å². The van der Waals surface area contributed by atoms with Crippen molar-refractivity contribution in [3.63, 3.8) is 0 Å². The van der Waals surface area contributed by atoms with E-state index in [0.717, 1.165) is 55.1 Å². The molecule has 0 atom stereocenters. The summed E-state index contributed by atoms with van der Waals surface area (Å²) in [6, 6.07) is 8.09. The molecule has 3 aromatic heterocycles. The Balaban J connectivity index is 1.79. The van der Waals surface area contributed by atoms with Crippen LogP contribution in [0.2, 0.25) is 0 Å². The van der Waals surface area contributed by atoms with Gasteiger partial charge in [-0.15, -0.1) is 0 Å². The number of pyridine rings is 2. The zero-order chi connectivity index (χ0) is 14.8. The minimum Gasteiger partial charge on any atom is -0.379 e. The predicted octanol–water partition coefficient (Wildman–Crippen LogP) is 2.46. The number of nitrogens with one attached hydrogen (secondary N) is 1. The number of hydrogen-bond donors (Lipinski definition) is 1. The van der Waals surface area contributed by atoms with Crippen LogP contribution < -0.4 is 0 Å². The maximum atomic E-state index is 5.45. The Morgan fingerprint density at radius 3 is 2.82 bits per heavy atom. The van der Waals surface area contributed by atoms with E-state index in [1.165, 1.54) is 5.56 Å². The lowest BCUT2D eigenvalue weighted by atomic mass is 10.1. The summed E-state index contributed by atoms with van der Waals surface area (Å²) in [4.78, 5) is 14.8. The molecule has 112 valence electrons. The first-order valence-corrected chi connectivity index (χ1v) is 7.58. The summed E-state index contributed by atoms with van der Waals surface area (Å²) in [5.41, 5.74) is 5.58. The number of hydrogen-bond acceptors (Lipinski definition) is 4. The maximum Gasteiger partial charge on any atom is 0.0930 e. The van der Waals surface area contributed by atoms with Crippen molar-refractivity contribution in [2.24, 2.45) is 0 Å². The molecule has 1 saturated heterocycles. The topological polar surface area (TPSA) is 54.0 Å². The molecule has 4 rings (SSSR count). The fraction of sp³-hybridized carbons (Fsp3) is 0.294. The SMILES string of the molecule is c1cncc(-c2[nH]c3cccnc3c2CN2CCOCC2)c1. The molecule has 0 aromatic carbocycles. The van der Waals surface area contributed by atoms with Gasteiger partial charge < -0.3 is 9.72 Å². The molecule has 0 amide bonds. The van der Waals surface area contributed by atoms with Crippen LogP contribution in [0.1, 0.15) is 5.56 Å². The van der Waals surface area contributed by atoms with Gasteiger partial charge in [-0.3, -0.25) is 14.9 Å². The van der Waals surface area contributed by atoms with Gasteiger partial charge in [0.2, 0.25) is 0 Å². The van der Waals surface area contributed by atoms with Gasteiger partial charge in [0, 0.05) is 49.4 Å². The molecule has 22 heavy (non-hydrogen) atoms. The van der Waals surface area contributed by atoms with Gasteiger partial charge in [0.25, 0.3) is 0 Å². The number of ether oxygens (including phenoxy) is 1. The Morgan fingerprint density at radius 1 is 1.14 bits per heavy atom. The van der Waals surface area contributed by atoms with E-state index in [4.69, 9.17) is 4.74 Å². The first kappa shape index (κ1) is 13.4. The Labute approximate surface area is 129 Å². The second-order valence-electron chi connectivity index (χ2n) is 5.51. The molecule has 5 heteroatoms. The molecule has 5 nitrogen and oxygen atoms in total. The Kier molecular flexibility index (Phi) is 3.58. The highest BCUT2D eigenvalue weighted by molar-refractivity contribution is 5.87. The van der Waals surface area contributed by atoms with Crippen LogP contribution in [0.15, 0.2) is 42.9 Å². The maximum absolute atomic E-state index is 5.45. The summed E-state index contributed by atoms with van der Waals surface area (Å²) in [6.07, 6.45) is 5.55. The smallest absolute Gasteiger partial charge is 0.0930 e. The van der Waals surface area contributed by atoms with Gasteiger partial charge in [0.1, 0.15) is 0 Å². The Morgan fingerprint density at radius 2 is 2.00 bits per heavy atom. The predicted molar refractivity (Wildman–Crippen MR) is 85.4 cm³/mol. The number of aromatic nitrogens is 3. The Bertz CT molecular complexity index is 763. The molecule has 3 aromatic rings. The van der Waals surface area contributed by atoms with Gasteiger partial charge in [0.05, 0.1) is 29.9 Å². The fourth-order valence-electron chi connectivity index (χ4n) is 2.97. The van der Waals surface area contributed by atoms with Crippen LogP contribution >= 0.6 is 0 Å². The van der Waals surface area contributed by atoms with Gasteiger partial charge in [-0.05, 0) is 24.3 Å². The van der Waals surface area contributed by atoms with E-state index in [-0.39, 0.29) is 0 Å². The largest absolute Gasteiger partial charge is 0.379 e. The third kappa shape index (κ3) is 2.49. The molecule has 0 saturated carbocycles. The average Bonchev–Trinajstić information content (AvgIpc) is 2.95. The molecule has 1 fully saturated rings. The normalized spacial score (nSPS) is 16.2. The standard InChI is InChI=1S/C17H18N4O/c1-3-13(11-18-5-1)16-14(12-21-7-9-22-10-8-21)17-15(20-16)4-2-6-19-17/h1-6,11,20H,7-10,12H2. The number of aromatic amines is 1. The van der Waals surface area contributed by atoms with Gasteiger partial charge in [-0.1, -0.05) is 0 Å². The van der Waals surface area contributed by atoms with Crippen molar-refractivity contribution in [1.82, 2.24) is 19.9 Å². The average molecular weight is 294 g/mol. The molecule has 4 heterocycles. The second-order valence-corrected chi connectivity index (χ2v) is 5.51. The van der Waals surface area contributed by atoms with Gasteiger partial charge in [-0.25, -0.2) is 0 Å². The first-order valence-electron chi connectivity index (χ1n) is 7.58. The summed E-state index contributed by atoms with van der Waals surface area (Å²) >= 11 is 0.